The molecule has 2 nitrogen and oxygen atoms in total. The molecule has 18 heavy (non-hydrogen) atoms. The maximum atomic E-state index is 11.8. The van der Waals surface area contributed by atoms with E-state index in [1.165, 1.54) is 5.39 Å². The molecule has 1 fully saturated rings. The van der Waals surface area contributed by atoms with Gasteiger partial charge >= 0.3 is 5.97 Å². The highest BCUT2D eigenvalue weighted by atomic mass is 16.5. The monoisotopic (exact) mass is 238 g/mol. The minimum absolute atomic E-state index is 0.0821. The highest BCUT2D eigenvalue weighted by molar-refractivity contribution is 5.86. The first-order chi connectivity index (χ1) is 8.79. The molecule has 0 N–H and O–H groups in total. The fourth-order valence-electron chi connectivity index (χ4n) is 2.53. The molecule has 2 atom stereocenters. The van der Waals surface area contributed by atoms with Crippen molar-refractivity contribution < 1.29 is 9.53 Å². The summed E-state index contributed by atoms with van der Waals surface area (Å²) < 4.78 is 5.13. The van der Waals surface area contributed by atoms with E-state index in [-0.39, 0.29) is 17.8 Å². The summed E-state index contributed by atoms with van der Waals surface area (Å²) in [7, 11) is 0. The molecule has 1 aliphatic rings. The van der Waals surface area contributed by atoms with E-state index in [0.29, 0.717) is 6.61 Å². The molecule has 0 saturated carbocycles. The summed E-state index contributed by atoms with van der Waals surface area (Å²) in [6.07, 6.45) is 1.81. The zero-order valence-electron chi connectivity index (χ0n) is 10.0. The van der Waals surface area contributed by atoms with E-state index in [4.69, 9.17) is 4.74 Å². The Bertz CT molecular complexity index is 615. The second kappa shape index (κ2) is 4.30. The third-order valence-electron chi connectivity index (χ3n) is 3.54. The first-order valence-corrected chi connectivity index (χ1v) is 6.07. The third kappa shape index (κ3) is 1.70. The first-order valence-electron chi connectivity index (χ1n) is 6.07. The highest BCUT2D eigenvalue weighted by Crippen LogP contribution is 2.34. The third-order valence-corrected chi connectivity index (χ3v) is 3.54. The fraction of sp³-hybridized carbons (Fsp3) is 0.188. The summed E-state index contributed by atoms with van der Waals surface area (Å²) in [6.45, 7) is 4.23. The van der Waals surface area contributed by atoms with Gasteiger partial charge in [-0.2, -0.15) is 0 Å². The van der Waals surface area contributed by atoms with Gasteiger partial charge in [-0.15, -0.1) is 6.58 Å². The Morgan fingerprint density at radius 2 is 1.94 bits per heavy atom. The summed E-state index contributed by atoms with van der Waals surface area (Å²) in [5, 5.41) is 2.33. The predicted octanol–water partition coefficient (Wildman–Crippen LogP) is 3.28. The van der Waals surface area contributed by atoms with Crippen molar-refractivity contribution in [1.29, 1.82) is 0 Å². The average molecular weight is 238 g/mol. The Kier molecular flexibility index (Phi) is 2.63. The first kappa shape index (κ1) is 11.0. The molecule has 1 aliphatic heterocycles. The zero-order chi connectivity index (χ0) is 12.5. The van der Waals surface area contributed by atoms with Gasteiger partial charge in [-0.1, -0.05) is 48.5 Å². The van der Waals surface area contributed by atoms with Crippen LogP contribution in [-0.2, 0) is 9.53 Å². The molecule has 0 amide bonds. The molecule has 1 heterocycles. The molecule has 2 aromatic carbocycles. The highest BCUT2D eigenvalue weighted by Gasteiger charge is 2.36. The van der Waals surface area contributed by atoms with Crippen LogP contribution in [0.25, 0.3) is 10.8 Å². The minimum Gasteiger partial charge on any atom is -0.465 e. The Hall–Kier alpha value is -2.09. The van der Waals surface area contributed by atoms with Gasteiger partial charge in [0, 0.05) is 5.92 Å². The van der Waals surface area contributed by atoms with Gasteiger partial charge in [0.2, 0.25) is 0 Å². The molecule has 0 radical (unpaired) electrons. The summed E-state index contributed by atoms with van der Waals surface area (Å²) in [6, 6.07) is 14.3. The van der Waals surface area contributed by atoms with E-state index < -0.39 is 0 Å². The maximum absolute atomic E-state index is 11.8. The molecule has 2 unspecified atom stereocenters. The largest absolute Gasteiger partial charge is 0.465 e. The van der Waals surface area contributed by atoms with Crippen LogP contribution in [-0.4, -0.2) is 12.6 Å². The molecular weight excluding hydrogens is 224 g/mol. The Morgan fingerprint density at radius 1 is 1.17 bits per heavy atom. The Morgan fingerprint density at radius 3 is 2.72 bits per heavy atom. The fourth-order valence-corrected chi connectivity index (χ4v) is 2.53. The van der Waals surface area contributed by atoms with E-state index in [0.717, 1.165) is 10.9 Å². The second-order valence-corrected chi connectivity index (χ2v) is 4.61. The van der Waals surface area contributed by atoms with Gasteiger partial charge in [0.05, 0.1) is 12.5 Å². The van der Waals surface area contributed by atoms with Gasteiger partial charge in [0.15, 0.2) is 0 Å². The van der Waals surface area contributed by atoms with E-state index in [1.807, 2.05) is 24.3 Å². The zero-order valence-corrected chi connectivity index (χ0v) is 10.0. The number of rotatable bonds is 2. The van der Waals surface area contributed by atoms with Crippen molar-refractivity contribution in [3.63, 3.8) is 0 Å². The Balaban J connectivity index is 2.08. The van der Waals surface area contributed by atoms with Gasteiger partial charge in [-0.3, -0.25) is 4.79 Å². The number of hydrogen-bond donors (Lipinski definition) is 0. The number of cyclic esters (lactones) is 1. The van der Waals surface area contributed by atoms with Crippen LogP contribution in [0.5, 0.6) is 0 Å². The Labute approximate surface area is 106 Å². The van der Waals surface area contributed by atoms with Crippen molar-refractivity contribution in [3.8, 4) is 0 Å². The lowest BCUT2D eigenvalue weighted by molar-refractivity contribution is -0.139. The number of carbonyl (C=O) groups excluding carboxylic acids is 1. The number of ether oxygens (including phenoxy) is 1. The number of hydrogen-bond acceptors (Lipinski definition) is 2. The molecule has 2 aromatic rings. The SMILES string of the molecule is C=CC1COC(=O)C1c1ccc2ccccc2c1. The summed E-state index contributed by atoms with van der Waals surface area (Å²) >= 11 is 0. The summed E-state index contributed by atoms with van der Waals surface area (Å²) in [4.78, 5) is 11.8. The summed E-state index contributed by atoms with van der Waals surface area (Å²) in [5.74, 6) is -0.263. The van der Waals surface area contributed by atoms with Gasteiger partial charge in [-0.25, -0.2) is 0 Å². The van der Waals surface area contributed by atoms with Crippen molar-refractivity contribution in [2.24, 2.45) is 5.92 Å². The second-order valence-electron chi connectivity index (χ2n) is 4.61. The van der Waals surface area contributed by atoms with Crippen LogP contribution < -0.4 is 0 Å². The molecule has 1 saturated heterocycles. The van der Waals surface area contributed by atoms with E-state index >= 15 is 0 Å². The number of carbonyl (C=O) groups is 1. The van der Waals surface area contributed by atoms with Crippen LogP contribution in [0, 0.1) is 5.92 Å². The van der Waals surface area contributed by atoms with Gasteiger partial charge in [-0.05, 0) is 16.3 Å². The van der Waals surface area contributed by atoms with Crippen molar-refractivity contribution in [2.45, 2.75) is 5.92 Å². The maximum Gasteiger partial charge on any atom is 0.314 e. The van der Waals surface area contributed by atoms with Crippen molar-refractivity contribution in [3.05, 3.63) is 60.7 Å². The van der Waals surface area contributed by atoms with Crippen LogP contribution in [0.4, 0.5) is 0 Å². The van der Waals surface area contributed by atoms with Gasteiger partial charge < -0.3 is 4.74 Å². The summed E-state index contributed by atoms with van der Waals surface area (Å²) in [5.41, 5.74) is 1.01. The molecule has 90 valence electrons. The molecule has 0 spiro atoms. The molecule has 0 bridgehead atoms. The number of benzene rings is 2. The van der Waals surface area contributed by atoms with Crippen LogP contribution in [0.3, 0.4) is 0 Å². The van der Waals surface area contributed by atoms with Crippen LogP contribution >= 0.6 is 0 Å². The topological polar surface area (TPSA) is 26.3 Å². The normalized spacial score (nSPS) is 23.0. The van der Waals surface area contributed by atoms with Gasteiger partial charge in [0.1, 0.15) is 0 Å². The lowest BCUT2D eigenvalue weighted by Crippen LogP contribution is -2.11. The van der Waals surface area contributed by atoms with Crippen LogP contribution in [0.1, 0.15) is 11.5 Å². The van der Waals surface area contributed by atoms with Crippen molar-refractivity contribution in [1.82, 2.24) is 0 Å². The van der Waals surface area contributed by atoms with Crippen molar-refractivity contribution >= 4 is 16.7 Å². The van der Waals surface area contributed by atoms with Crippen molar-refractivity contribution in [2.75, 3.05) is 6.61 Å². The number of fused-ring (bicyclic) bond motifs is 1. The predicted molar refractivity (Wildman–Crippen MR) is 71.3 cm³/mol. The van der Waals surface area contributed by atoms with Crippen LogP contribution in [0.15, 0.2) is 55.1 Å². The van der Waals surface area contributed by atoms with E-state index in [1.54, 1.807) is 0 Å². The van der Waals surface area contributed by atoms with Gasteiger partial charge in [0.25, 0.3) is 0 Å². The molecule has 0 aliphatic carbocycles. The molecule has 3 rings (SSSR count). The average Bonchev–Trinajstić information content (AvgIpc) is 2.79. The molecule has 2 heteroatoms. The minimum atomic E-state index is -0.202. The van der Waals surface area contributed by atoms with E-state index in [2.05, 4.69) is 30.8 Å². The lowest BCUT2D eigenvalue weighted by atomic mass is 9.87. The lowest BCUT2D eigenvalue weighted by Gasteiger charge is -2.12. The molecular formula is C16H14O2. The standard InChI is InChI=1S/C16H14O2/c1-2-11-10-18-16(17)15(11)14-8-7-12-5-3-4-6-13(12)9-14/h2-9,11,15H,1,10H2. The van der Waals surface area contributed by atoms with Crippen LogP contribution in [0.2, 0.25) is 0 Å². The quantitative estimate of drug-likeness (QED) is 0.593. The smallest absolute Gasteiger partial charge is 0.314 e. The molecule has 0 aromatic heterocycles. The number of esters is 1. The van der Waals surface area contributed by atoms with E-state index in [9.17, 15) is 4.79 Å².